The molecule has 0 heterocycles. The fourth-order valence-corrected chi connectivity index (χ4v) is 3.02. The Labute approximate surface area is 149 Å². The van der Waals surface area contributed by atoms with Crippen molar-refractivity contribution in [2.45, 2.75) is 110 Å². The molecular formula is C21H40O3. The molecule has 0 aliphatic carbocycles. The summed E-state index contributed by atoms with van der Waals surface area (Å²) in [5.74, 6) is 0.506. The molecule has 0 aliphatic rings. The first kappa shape index (κ1) is 23.3. The fraction of sp³-hybridized carbons (Fsp3) is 0.905. The van der Waals surface area contributed by atoms with Crippen molar-refractivity contribution in [3.8, 4) is 0 Å². The van der Waals surface area contributed by atoms with Gasteiger partial charge in [0.15, 0.2) is 0 Å². The molecule has 0 radical (unpaired) electrons. The van der Waals surface area contributed by atoms with E-state index in [-0.39, 0.29) is 24.1 Å². The molecule has 1 atom stereocenters. The molecule has 0 saturated heterocycles. The van der Waals surface area contributed by atoms with E-state index in [1.807, 2.05) is 0 Å². The van der Waals surface area contributed by atoms with Crippen LogP contribution in [0.3, 0.4) is 0 Å². The van der Waals surface area contributed by atoms with Gasteiger partial charge in [0.2, 0.25) is 0 Å². The minimum absolute atomic E-state index is 0.0192. The molecule has 3 heteroatoms. The number of carbonyl (C=O) groups is 2. The van der Waals surface area contributed by atoms with Crippen molar-refractivity contribution in [1.82, 2.24) is 0 Å². The molecule has 0 rings (SSSR count). The highest BCUT2D eigenvalue weighted by molar-refractivity contribution is 5.79. The smallest absolute Gasteiger partial charge is 0.133 e. The summed E-state index contributed by atoms with van der Waals surface area (Å²) in [7, 11) is 0. The number of ketones is 2. The van der Waals surface area contributed by atoms with Crippen molar-refractivity contribution < 1.29 is 14.7 Å². The van der Waals surface area contributed by atoms with Crippen LogP contribution in [-0.2, 0) is 9.59 Å². The molecule has 1 unspecified atom stereocenters. The van der Waals surface area contributed by atoms with Crippen molar-refractivity contribution in [3.05, 3.63) is 0 Å². The summed E-state index contributed by atoms with van der Waals surface area (Å²) in [5.41, 5.74) is 0. The Morgan fingerprint density at radius 2 is 1.21 bits per heavy atom. The molecule has 0 aromatic rings. The molecular weight excluding hydrogens is 300 g/mol. The largest absolute Gasteiger partial charge is 0.396 e. The highest BCUT2D eigenvalue weighted by atomic mass is 16.3. The van der Waals surface area contributed by atoms with E-state index < -0.39 is 0 Å². The Kier molecular flexibility index (Phi) is 16.6. The van der Waals surface area contributed by atoms with Gasteiger partial charge in [-0.25, -0.2) is 0 Å². The Balaban J connectivity index is 3.73. The maximum absolute atomic E-state index is 12.0. The Morgan fingerprint density at radius 3 is 1.71 bits per heavy atom. The van der Waals surface area contributed by atoms with Gasteiger partial charge in [-0.2, -0.15) is 0 Å². The lowest BCUT2D eigenvalue weighted by molar-refractivity contribution is -0.122. The lowest BCUT2D eigenvalue weighted by atomic mass is 9.93. The Hall–Kier alpha value is -0.700. The average molecular weight is 341 g/mol. The van der Waals surface area contributed by atoms with Crippen LogP contribution in [0, 0.1) is 5.92 Å². The predicted octanol–water partition coefficient (Wildman–Crippen LogP) is 5.62. The zero-order valence-electron chi connectivity index (χ0n) is 16.2. The molecule has 142 valence electrons. The summed E-state index contributed by atoms with van der Waals surface area (Å²) in [4.78, 5) is 23.9. The number of aliphatic hydroxyl groups is 1. The van der Waals surface area contributed by atoms with Gasteiger partial charge < -0.3 is 5.11 Å². The number of hydrogen-bond acceptors (Lipinski definition) is 3. The van der Waals surface area contributed by atoms with E-state index in [2.05, 4.69) is 13.8 Å². The van der Waals surface area contributed by atoms with E-state index in [1.165, 1.54) is 38.5 Å². The number of Topliss-reactive ketones (excluding diaryl/α,β-unsaturated/α-hetero) is 2. The van der Waals surface area contributed by atoms with Crippen LogP contribution in [0.1, 0.15) is 110 Å². The Morgan fingerprint density at radius 1 is 0.708 bits per heavy atom. The van der Waals surface area contributed by atoms with Gasteiger partial charge in [0.1, 0.15) is 11.6 Å². The zero-order chi connectivity index (χ0) is 18.0. The van der Waals surface area contributed by atoms with Crippen molar-refractivity contribution in [2.24, 2.45) is 5.92 Å². The third-order valence-electron chi connectivity index (χ3n) is 4.72. The zero-order valence-corrected chi connectivity index (χ0v) is 16.2. The topological polar surface area (TPSA) is 54.4 Å². The summed E-state index contributed by atoms with van der Waals surface area (Å²) in [6.07, 6.45) is 14.5. The lowest BCUT2D eigenvalue weighted by Crippen LogP contribution is -2.14. The lowest BCUT2D eigenvalue weighted by Gasteiger charge is -2.13. The van der Waals surface area contributed by atoms with Crippen LogP contribution in [-0.4, -0.2) is 23.3 Å². The van der Waals surface area contributed by atoms with Crippen LogP contribution in [0.5, 0.6) is 0 Å². The quantitative estimate of drug-likeness (QED) is 0.329. The van der Waals surface area contributed by atoms with Crippen LogP contribution in [0.15, 0.2) is 0 Å². The van der Waals surface area contributed by atoms with Gasteiger partial charge in [-0.1, -0.05) is 65.2 Å². The highest BCUT2D eigenvalue weighted by Gasteiger charge is 2.14. The standard InChI is InChI=1S/C21H40O3/c1-3-5-7-9-11-13-20(23)16-15-19(18-22)17-21(24)14-12-10-8-6-4-2/h19,22H,3-18H2,1-2H3. The molecule has 0 amide bonds. The minimum Gasteiger partial charge on any atom is -0.396 e. The summed E-state index contributed by atoms with van der Waals surface area (Å²) in [6, 6.07) is 0. The fourth-order valence-electron chi connectivity index (χ4n) is 3.02. The normalized spacial score (nSPS) is 12.3. The summed E-state index contributed by atoms with van der Waals surface area (Å²) >= 11 is 0. The van der Waals surface area contributed by atoms with Gasteiger partial charge in [0.05, 0.1) is 0 Å². The maximum atomic E-state index is 12.0. The van der Waals surface area contributed by atoms with Gasteiger partial charge in [-0.3, -0.25) is 9.59 Å². The molecule has 0 spiro atoms. The van der Waals surface area contributed by atoms with Gasteiger partial charge >= 0.3 is 0 Å². The second-order valence-electron chi connectivity index (χ2n) is 7.20. The van der Waals surface area contributed by atoms with E-state index in [9.17, 15) is 14.7 Å². The van der Waals surface area contributed by atoms with Crippen LogP contribution in [0.2, 0.25) is 0 Å². The van der Waals surface area contributed by atoms with Crippen molar-refractivity contribution >= 4 is 11.6 Å². The van der Waals surface area contributed by atoms with Crippen LogP contribution in [0.4, 0.5) is 0 Å². The van der Waals surface area contributed by atoms with E-state index in [4.69, 9.17) is 0 Å². The third kappa shape index (κ3) is 14.9. The first-order chi connectivity index (χ1) is 11.6. The number of rotatable bonds is 18. The van der Waals surface area contributed by atoms with Crippen molar-refractivity contribution in [3.63, 3.8) is 0 Å². The van der Waals surface area contributed by atoms with E-state index in [0.29, 0.717) is 32.1 Å². The third-order valence-corrected chi connectivity index (χ3v) is 4.72. The van der Waals surface area contributed by atoms with Gasteiger partial charge in [0, 0.05) is 32.3 Å². The monoisotopic (exact) mass is 340 g/mol. The Bertz CT molecular complexity index is 312. The molecule has 0 bridgehead atoms. The highest BCUT2D eigenvalue weighted by Crippen LogP contribution is 2.16. The first-order valence-corrected chi connectivity index (χ1v) is 10.3. The molecule has 1 N–H and O–H groups in total. The molecule has 0 saturated carbocycles. The van der Waals surface area contributed by atoms with Crippen LogP contribution < -0.4 is 0 Å². The number of aliphatic hydroxyl groups excluding tert-OH is 1. The summed E-state index contributed by atoms with van der Waals surface area (Å²) < 4.78 is 0. The van der Waals surface area contributed by atoms with Crippen molar-refractivity contribution in [2.75, 3.05) is 6.61 Å². The van der Waals surface area contributed by atoms with Gasteiger partial charge in [-0.05, 0) is 25.2 Å². The maximum Gasteiger partial charge on any atom is 0.133 e. The molecule has 0 fully saturated rings. The van der Waals surface area contributed by atoms with E-state index in [1.54, 1.807) is 0 Å². The second-order valence-corrected chi connectivity index (χ2v) is 7.20. The van der Waals surface area contributed by atoms with Gasteiger partial charge in [-0.15, -0.1) is 0 Å². The second kappa shape index (κ2) is 17.1. The average Bonchev–Trinajstić information content (AvgIpc) is 2.58. The molecule has 24 heavy (non-hydrogen) atoms. The predicted molar refractivity (Wildman–Crippen MR) is 101 cm³/mol. The number of hydrogen-bond donors (Lipinski definition) is 1. The molecule has 3 nitrogen and oxygen atoms in total. The summed E-state index contributed by atoms with van der Waals surface area (Å²) in [6.45, 7) is 4.39. The molecule has 0 aromatic carbocycles. The minimum atomic E-state index is -0.0304. The SMILES string of the molecule is CCCCCCCC(=O)CCC(CO)CC(=O)CCCCCCC. The summed E-state index contributed by atoms with van der Waals surface area (Å²) in [5, 5.41) is 9.44. The van der Waals surface area contributed by atoms with Gasteiger partial charge in [0.25, 0.3) is 0 Å². The van der Waals surface area contributed by atoms with Crippen molar-refractivity contribution in [1.29, 1.82) is 0 Å². The van der Waals surface area contributed by atoms with E-state index >= 15 is 0 Å². The van der Waals surface area contributed by atoms with E-state index in [0.717, 1.165) is 25.7 Å². The first-order valence-electron chi connectivity index (χ1n) is 10.3. The van der Waals surface area contributed by atoms with Crippen LogP contribution >= 0.6 is 0 Å². The molecule has 0 aromatic heterocycles. The van der Waals surface area contributed by atoms with Crippen LogP contribution in [0.25, 0.3) is 0 Å². The number of carbonyl (C=O) groups excluding carboxylic acids is 2. The molecule has 0 aliphatic heterocycles. The number of unbranched alkanes of at least 4 members (excludes halogenated alkanes) is 8.